The lowest BCUT2D eigenvalue weighted by Crippen LogP contribution is -1.98. The second kappa shape index (κ2) is 12.6. The largest absolute Gasteiger partial charge is 0.455 e. The fraction of sp³-hybridized carbons (Fsp3) is 0. The summed E-state index contributed by atoms with van der Waals surface area (Å²) in [5, 5.41) is 11.9. The van der Waals surface area contributed by atoms with Gasteiger partial charge >= 0.3 is 0 Å². The van der Waals surface area contributed by atoms with Gasteiger partial charge in [0.15, 0.2) is 5.82 Å². The van der Waals surface area contributed by atoms with Crippen molar-refractivity contribution < 1.29 is 4.42 Å². The van der Waals surface area contributed by atoms with Gasteiger partial charge in [-0.15, -0.1) is 0 Å². The third-order valence-electron chi connectivity index (χ3n) is 13.1. The van der Waals surface area contributed by atoms with Crippen molar-refractivity contribution in [2.45, 2.75) is 0 Å². The van der Waals surface area contributed by atoms with Crippen molar-refractivity contribution in [1.29, 1.82) is 0 Å². The molecule has 0 atom stereocenters. The number of aromatic nitrogens is 3. The molecule has 10 aromatic carbocycles. The summed E-state index contributed by atoms with van der Waals surface area (Å²) >= 11 is 0. The lowest BCUT2D eigenvalue weighted by molar-refractivity contribution is 0.634. The maximum absolute atomic E-state index is 6.56. The van der Waals surface area contributed by atoms with Crippen molar-refractivity contribution >= 4 is 76.0 Å². The first kappa shape index (κ1) is 33.5. The Bertz CT molecular complexity index is 4020. The van der Waals surface area contributed by atoms with E-state index in [4.69, 9.17) is 14.4 Å². The van der Waals surface area contributed by atoms with Crippen LogP contribution in [-0.2, 0) is 0 Å². The predicted octanol–water partition coefficient (Wildman–Crippen LogP) is 15.6. The molecule has 0 fully saturated rings. The highest BCUT2D eigenvalue weighted by Crippen LogP contribution is 2.52. The Morgan fingerprint density at radius 3 is 1.82 bits per heavy atom. The van der Waals surface area contributed by atoms with Gasteiger partial charge in [-0.3, -0.25) is 0 Å². The molecular weight excluding hydrogens is 755 g/mol. The zero-order valence-electron chi connectivity index (χ0n) is 33.3. The summed E-state index contributed by atoms with van der Waals surface area (Å²) < 4.78 is 8.93. The number of hydrogen-bond acceptors (Lipinski definition) is 3. The van der Waals surface area contributed by atoms with Crippen molar-refractivity contribution in [2.24, 2.45) is 0 Å². The Morgan fingerprint density at radius 2 is 1.02 bits per heavy atom. The first-order chi connectivity index (χ1) is 30.7. The van der Waals surface area contributed by atoms with E-state index in [0.717, 1.165) is 71.9 Å². The number of rotatable bonds is 4. The Kier molecular flexibility index (Phi) is 6.80. The highest BCUT2D eigenvalue weighted by Gasteiger charge is 2.28. The van der Waals surface area contributed by atoms with E-state index >= 15 is 0 Å². The van der Waals surface area contributed by atoms with Gasteiger partial charge in [0.25, 0.3) is 0 Å². The molecule has 286 valence electrons. The van der Waals surface area contributed by atoms with Crippen LogP contribution in [0.15, 0.2) is 205 Å². The highest BCUT2D eigenvalue weighted by molar-refractivity contribution is 6.27. The van der Waals surface area contributed by atoms with E-state index in [1.807, 2.05) is 0 Å². The maximum Gasteiger partial charge on any atom is 0.160 e. The molecule has 0 saturated carbocycles. The number of para-hydroxylation sites is 1. The zero-order chi connectivity index (χ0) is 40.5. The van der Waals surface area contributed by atoms with Crippen LogP contribution in [0.4, 0.5) is 0 Å². The molecule has 1 aliphatic rings. The summed E-state index contributed by atoms with van der Waals surface area (Å²) in [5.41, 5.74) is 14.2. The molecule has 3 heterocycles. The molecule has 1 aliphatic carbocycles. The van der Waals surface area contributed by atoms with E-state index in [9.17, 15) is 0 Å². The topological polar surface area (TPSA) is 43.9 Å². The van der Waals surface area contributed by atoms with Crippen molar-refractivity contribution in [3.63, 3.8) is 0 Å². The van der Waals surface area contributed by atoms with Crippen LogP contribution in [0.1, 0.15) is 0 Å². The fourth-order valence-corrected chi connectivity index (χ4v) is 10.4. The third-order valence-corrected chi connectivity index (χ3v) is 13.1. The Hall–Kier alpha value is -8.34. The molecular formula is C58H33N3O. The van der Waals surface area contributed by atoms with E-state index in [1.54, 1.807) is 0 Å². The zero-order valence-corrected chi connectivity index (χ0v) is 33.3. The number of fused-ring (bicyclic) bond motifs is 14. The predicted molar refractivity (Wildman–Crippen MR) is 257 cm³/mol. The SMILES string of the molecule is c1ccc(-c2nc(-c3ccc(-n4c5ccccc5c5cc(-c6ccc7oc8c(c7c6)-c6cccc7cccc-8c67)ccc54)cc3)nc3c4ccccc4c4ccccc4c23)cc1. The van der Waals surface area contributed by atoms with Gasteiger partial charge in [0.2, 0.25) is 0 Å². The molecule has 0 radical (unpaired) electrons. The normalized spacial score (nSPS) is 12.2. The summed E-state index contributed by atoms with van der Waals surface area (Å²) in [5.74, 6) is 1.68. The Balaban J connectivity index is 0.901. The van der Waals surface area contributed by atoms with Crippen LogP contribution in [0, 0.1) is 0 Å². The van der Waals surface area contributed by atoms with E-state index < -0.39 is 0 Å². The van der Waals surface area contributed by atoms with Crippen molar-refractivity contribution in [1.82, 2.24) is 14.5 Å². The lowest BCUT2D eigenvalue weighted by Gasteiger charge is -2.15. The minimum atomic E-state index is 0.705. The molecule has 0 spiro atoms. The average Bonchev–Trinajstić information content (AvgIpc) is 3.99. The standard InChI is InChI=1S/C58H33N3O/c1-2-12-35(13-3-1)55-54-43-19-6-4-16-40(43)41-17-5-7-20-44(41)56(54)60-58(59-55)36-24-28-39(29-25-36)61-49-23-9-8-18-42(49)47-32-37(26-30-50(47)61)38-27-31-51-48(33-38)53-45-21-10-14-34-15-11-22-46(52(34)45)57(53)62-51/h1-33H. The molecule has 4 nitrogen and oxygen atoms in total. The molecule has 0 unspecified atom stereocenters. The fourth-order valence-electron chi connectivity index (χ4n) is 10.4. The molecule has 3 aromatic heterocycles. The Morgan fingerprint density at radius 1 is 0.387 bits per heavy atom. The quantitative estimate of drug-likeness (QED) is 0.167. The van der Waals surface area contributed by atoms with Crippen LogP contribution >= 0.6 is 0 Å². The van der Waals surface area contributed by atoms with Crippen molar-refractivity contribution in [3.05, 3.63) is 200 Å². The minimum Gasteiger partial charge on any atom is -0.455 e. The second-order valence-electron chi connectivity index (χ2n) is 16.4. The van der Waals surface area contributed by atoms with E-state index in [-0.39, 0.29) is 0 Å². The lowest BCUT2D eigenvalue weighted by atomic mass is 9.94. The highest BCUT2D eigenvalue weighted by atomic mass is 16.3. The van der Waals surface area contributed by atoms with Crippen LogP contribution in [-0.4, -0.2) is 14.5 Å². The van der Waals surface area contributed by atoms with Gasteiger partial charge in [-0.1, -0.05) is 146 Å². The van der Waals surface area contributed by atoms with Gasteiger partial charge in [-0.2, -0.15) is 0 Å². The molecule has 0 amide bonds. The van der Waals surface area contributed by atoms with Crippen LogP contribution in [0.5, 0.6) is 0 Å². The molecule has 62 heavy (non-hydrogen) atoms. The van der Waals surface area contributed by atoms with Gasteiger partial charge in [-0.05, 0) is 92.8 Å². The van der Waals surface area contributed by atoms with Gasteiger partial charge in [0, 0.05) is 60.3 Å². The van der Waals surface area contributed by atoms with Crippen LogP contribution in [0.2, 0.25) is 0 Å². The number of furan rings is 1. The van der Waals surface area contributed by atoms with Gasteiger partial charge < -0.3 is 8.98 Å². The molecule has 14 rings (SSSR count). The molecule has 13 aromatic rings. The van der Waals surface area contributed by atoms with Crippen LogP contribution < -0.4 is 0 Å². The molecule has 0 bridgehead atoms. The van der Waals surface area contributed by atoms with Crippen LogP contribution in [0.3, 0.4) is 0 Å². The molecule has 4 heteroatoms. The van der Waals surface area contributed by atoms with Crippen molar-refractivity contribution in [3.8, 4) is 61.9 Å². The van der Waals surface area contributed by atoms with Gasteiger partial charge in [0.1, 0.15) is 11.3 Å². The summed E-state index contributed by atoms with van der Waals surface area (Å²) in [7, 11) is 0. The Labute approximate surface area is 355 Å². The summed E-state index contributed by atoms with van der Waals surface area (Å²) in [6, 6.07) is 71.8. The summed E-state index contributed by atoms with van der Waals surface area (Å²) in [6.45, 7) is 0. The first-order valence-corrected chi connectivity index (χ1v) is 21.2. The van der Waals surface area contributed by atoms with Gasteiger partial charge in [-0.25, -0.2) is 9.97 Å². The third kappa shape index (κ3) is 4.66. The van der Waals surface area contributed by atoms with Crippen LogP contribution in [0.25, 0.3) is 138 Å². The monoisotopic (exact) mass is 787 g/mol. The molecule has 0 N–H and O–H groups in total. The van der Waals surface area contributed by atoms with Gasteiger partial charge in [0.05, 0.1) is 22.2 Å². The van der Waals surface area contributed by atoms with E-state index in [2.05, 4.69) is 205 Å². The summed E-state index contributed by atoms with van der Waals surface area (Å²) in [4.78, 5) is 10.7. The number of benzene rings is 10. The average molecular weight is 788 g/mol. The smallest absolute Gasteiger partial charge is 0.160 e. The molecule has 0 saturated heterocycles. The number of hydrogen-bond donors (Lipinski definition) is 0. The minimum absolute atomic E-state index is 0.705. The maximum atomic E-state index is 6.56. The first-order valence-electron chi connectivity index (χ1n) is 21.2. The second-order valence-corrected chi connectivity index (χ2v) is 16.4. The van der Waals surface area contributed by atoms with E-state index in [0.29, 0.717) is 5.82 Å². The number of nitrogens with zero attached hydrogens (tertiary/aromatic N) is 3. The van der Waals surface area contributed by atoms with E-state index in [1.165, 1.54) is 60.1 Å². The van der Waals surface area contributed by atoms with Crippen molar-refractivity contribution in [2.75, 3.05) is 0 Å². The molecule has 0 aliphatic heterocycles. The summed E-state index contributed by atoms with van der Waals surface area (Å²) in [6.07, 6.45) is 0.